The van der Waals surface area contributed by atoms with Crippen molar-refractivity contribution in [3.8, 4) is 17.2 Å². The smallest absolute Gasteiger partial charge is 0.243 e. The van der Waals surface area contributed by atoms with Crippen LogP contribution in [-0.2, 0) is 14.8 Å². The zero-order valence-electron chi connectivity index (χ0n) is 20.4. The first kappa shape index (κ1) is 24.9. The number of methoxy groups -OCH3 is 2. The molecule has 12 heteroatoms. The molecule has 0 saturated carbocycles. The Bertz CT molecular complexity index is 1250. The lowest BCUT2D eigenvalue weighted by atomic mass is 10.1. The van der Waals surface area contributed by atoms with Crippen LogP contribution < -0.4 is 14.2 Å². The maximum absolute atomic E-state index is 13.5. The van der Waals surface area contributed by atoms with Gasteiger partial charge in [-0.2, -0.15) is 0 Å². The van der Waals surface area contributed by atoms with Gasteiger partial charge in [-0.05, 0) is 32.4 Å². The summed E-state index contributed by atoms with van der Waals surface area (Å²) in [5.74, 6) is 1.11. The summed E-state index contributed by atoms with van der Waals surface area (Å²) in [5.41, 5.74) is 1.86. The van der Waals surface area contributed by atoms with Crippen LogP contribution in [0.15, 0.2) is 30.6 Å². The zero-order valence-corrected chi connectivity index (χ0v) is 21.2. The summed E-state index contributed by atoms with van der Waals surface area (Å²) in [5, 5.41) is 7.75. The van der Waals surface area contributed by atoms with Crippen LogP contribution >= 0.6 is 0 Å². The molecular formula is C23H30N6O5S. The Morgan fingerprint density at radius 3 is 2.40 bits per heavy atom. The summed E-state index contributed by atoms with van der Waals surface area (Å²) in [7, 11) is -0.827. The minimum atomic E-state index is -3.90. The van der Waals surface area contributed by atoms with Crippen LogP contribution in [0, 0.1) is 6.92 Å². The predicted octanol–water partition coefficient (Wildman–Crippen LogP) is 2.82. The third-order valence-electron chi connectivity index (χ3n) is 6.30. The highest BCUT2D eigenvalue weighted by atomic mass is 32.2. The van der Waals surface area contributed by atoms with Gasteiger partial charge in [0, 0.05) is 30.8 Å². The molecular weight excluding hydrogens is 472 g/mol. The normalized spacial score (nSPS) is 17.7. The van der Waals surface area contributed by atoms with Crippen molar-refractivity contribution >= 4 is 16.0 Å². The minimum absolute atomic E-state index is 0.0451. The van der Waals surface area contributed by atoms with Gasteiger partial charge >= 0.3 is 0 Å². The number of nitrogens with zero attached hydrogens (tertiary/aromatic N) is 5. The van der Waals surface area contributed by atoms with E-state index in [-0.39, 0.29) is 11.9 Å². The number of para-hydroxylation sites is 1. The van der Waals surface area contributed by atoms with E-state index in [2.05, 4.69) is 24.9 Å². The Morgan fingerprint density at radius 2 is 1.83 bits per heavy atom. The van der Waals surface area contributed by atoms with Crippen molar-refractivity contribution in [1.82, 2.24) is 24.7 Å². The summed E-state index contributed by atoms with van der Waals surface area (Å²) < 4.78 is 48.0. The standard InChI is InChI=1S/C23H30N6O5S/c1-14-11-25-18(12-24-14)15(2)16(3)35(30,31)28-23-27-26-22(17-9-10-34-13-17)29(23)21-19(32-4)7-6-8-20(21)33-5/h6-8,11-12,15-17H,9-10,13H2,1-5H3,(H,27,28)/t15-,16-,17+/m0/s1. The van der Waals surface area contributed by atoms with Crippen molar-refractivity contribution in [3.05, 3.63) is 47.8 Å². The monoisotopic (exact) mass is 502 g/mol. The molecule has 188 valence electrons. The van der Waals surface area contributed by atoms with Crippen LogP contribution in [0.4, 0.5) is 5.95 Å². The lowest BCUT2D eigenvalue weighted by Gasteiger charge is -2.22. The van der Waals surface area contributed by atoms with E-state index < -0.39 is 21.2 Å². The van der Waals surface area contributed by atoms with Gasteiger partial charge in [0.2, 0.25) is 16.0 Å². The third-order valence-corrected chi connectivity index (χ3v) is 8.16. The molecule has 3 heterocycles. The van der Waals surface area contributed by atoms with Crippen molar-refractivity contribution < 1.29 is 22.6 Å². The van der Waals surface area contributed by atoms with E-state index in [1.54, 1.807) is 49.0 Å². The Hall–Kier alpha value is -3.25. The molecule has 0 bridgehead atoms. The van der Waals surface area contributed by atoms with E-state index in [9.17, 15) is 8.42 Å². The quantitative estimate of drug-likeness (QED) is 0.469. The largest absolute Gasteiger partial charge is 0.494 e. The Balaban J connectivity index is 1.76. The van der Waals surface area contributed by atoms with Crippen molar-refractivity contribution in [2.45, 2.75) is 44.3 Å². The second-order valence-electron chi connectivity index (χ2n) is 8.51. The first-order valence-electron chi connectivity index (χ1n) is 11.3. The van der Waals surface area contributed by atoms with Crippen LogP contribution in [-0.4, -0.2) is 65.8 Å². The number of ether oxygens (including phenoxy) is 3. The summed E-state index contributed by atoms with van der Waals surface area (Å²) in [4.78, 5) is 8.60. The molecule has 1 aliphatic heterocycles. The number of hydrogen-bond acceptors (Lipinski definition) is 9. The van der Waals surface area contributed by atoms with Crippen molar-refractivity contribution in [2.75, 3.05) is 32.2 Å². The van der Waals surface area contributed by atoms with E-state index in [1.165, 1.54) is 14.2 Å². The SMILES string of the molecule is COc1cccc(OC)c1-n1c(NS(=O)(=O)[C@@H](C)[C@H](C)c2cnc(C)cn2)nnc1[C@@H]1CCOC1. The van der Waals surface area contributed by atoms with Gasteiger partial charge in [-0.25, -0.2) is 8.42 Å². The van der Waals surface area contributed by atoms with Crippen LogP contribution in [0.3, 0.4) is 0 Å². The molecule has 3 atom stereocenters. The maximum atomic E-state index is 13.5. The van der Waals surface area contributed by atoms with Gasteiger partial charge in [0.25, 0.3) is 0 Å². The Morgan fingerprint density at radius 1 is 1.11 bits per heavy atom. The average molecular weight is 503 g/mol. The molecule has 0 aliphatic carbocycles. The number of rotatable bonds is 9. The molecule has 11 nitrogen and oxygen atoms in total. The first-order valence-corrected chi connectivity index (χ1v) is 12.9. The molecule has 35 heavy (non-hydrogen) atoms. The molecule has 4 rings (SSSR count). The molecule has 1 fully saturated rings. The molecule has 0 radical (unpaired) electrons. The van der Waals surface area contributed by atoms with Crippen molar-refractivity contribution in [3.63, 3.8) is 0 Å². The number of benzene rings is 1. The fraction of sp³-hybridized carbons (Fsp3) is 0.478. The van der Waals surface area contributed by atoms with Crippen LogP contribution in [0.25, 0.3) is 5.69 Å². The summed E-state index contributed by atoms with van der Waals surface area (Å²) in [6.07, 6.45) is 3.97. The Kier molecular flexibility index (Phi) is 7.22. The summed E-state index contributed by atoms with van der Waals surface area (Å²) >= 11 is 0. The van der Waals surface area contributed by atoms with Gasteiger partial charge in [-0.1, -0.05) is 13.0 Å². The average Bonchev–Trinajstić information content (AvgIpc) is 3.52. The number of sulfonamides is 1. The van der Waals surface area contributed by atoms with Gasteiger partial charge in [0.15, 0.2) is 0 Å². The van der Waals surface area contributed by atoms with Gasteiger partial charge in [-0.3, -0.25) is 19.3 Å². The van der Waals surface area contributed by atoms with Gasteiger partial charge in [0.1, 0.15) is 23.0 Å². The molecule has 1 aromatic carbocycles. The minimum Gasteiger partial charge on any atom is -0.494 e. The highest BCUT2D eigenvalue weighted by Crippen LogP contribution is 2.38. The topological polar surface area (TPSA) is 130 Å². The fourth-order valence-corrected chi connectivity index (χ4v) is 5.25. The third kappa shape index (κ3) is 4.94. The van der Waals surface area contributed by atoms with E-state index in [1.807, 2.05) is 6.92 Å². The second kappa shape index (κ2) is 10.2. The fourth-order valence-electron chi connectivity index (χ4n) is 4.00. The van der Waals surface area contributed by atoms with E-state index in [0.29, 0.717) is 41.9 Å². The molecule has 0 unspecified atom stereocenters. The molecule has 2 aromatic heterocycles. The number of aromatic nitrogens is 5. The second-order valence-corrected chi connectivity index (χ2v) is 10.6. The number of aryl methyl sites for hydroxylation is 1. The molecule has 3 aromatic rings. The zero-order chi connectivity index (χ0) is 25.2. The van der Waals surface area contributed by atoms with E-state index >= 15 is 0 Å². The molecule has 0 amide bonds. The van der Waals surface area contributed by atoms with Crippen molar-refractivity contribution in [1.29, 1.82) is 0 Å². The predicted molar refractivity (Wildman–Crippen MR) is 130 cm³/mol. The molecule has 1 aliphatic rings. The summed E-state index contributed by atoms with van der Waals surface area (Å²) in [6, 6.07) is 5.33. The lowest BCUT2D eigenvalue weighted by molar-refractivity contribution is 0.193. The maximum Gasteiger partial charge on any atom is 0.243 e. The number of hydrogen-bond donors (Lipinski definition) is 1. The lowest BCUT2D eigenvalue weighted by Crippen LogP contribution is -2.31. The Labute approximate surface area is 204 Å². The van der Waals surface area contributed by atoms with Crippen LogP contribution in [0.2, 0.25) is 0 Å². The van der Waals surface area contributed by atoms with E-state index in [4.69, 9.17) is 14.2 Å². The number of nitrogens with one attached hydrogen (secondary N) is 1. The van der Waals surface area contributed by atoms with E-state index in [0.717, 1.165) is 12.1 Å². The van der Waals surface area contributed by atoms with Gasteiger partial charge in [-0.15, -0.1) is 10.2 Å². The van der Waals surface area contributed by atoms with Crippen molar-refractivity contribution in [2.24, 2.45) is 0 Å². The highest BCUT2D eigenvalue weighted by Gasteiger charge is 2.33. The molecule has 1 saturated heterocycles. The van der Waals surface area contributed by atoms with Gasteiger partial charge < -0.3 is 14.2 Å². The molecule has 1 N–H and O–H groups in total. The highest BCUT2D eigenvalue weighted by molar-refractivity contribution is 7.93. The van der Waals surface area contributed by atoms with Crippen LogP contribution in [0.5, 0.6) is 11.5 Å². The summed E-state index contributed by atoms with van der Waals surface area (Å²) in [6.45, 7) is 6.31. The van der Waals surface area contributed by atoms with Crippen LogP contribution in [0.1, 0.15) is 49.3 Å². The molecule has 0 spiro atoms. The number of anilines is 1. The van der Waals surface area contributed by atoms with Gasteiger partial charge in [0.05, 0.1) is 37.5 Å². The first-order chi connectivity index (χ1) is 16.8.